The lowest BCUT2D eigenvalue weighted by molar-refractivity contribution is -0.270. The van der Waals surface area contributed by atoms with Gasteiger partial charge in [0.25, 0.3) is 0 Å². The normalized spacial score (nSPS) is 18.0. The molecule has 5 heteroatoms. The van der Waals surface area contributed by atoms with Gasteiger partial charge in [0, 0.05) is 0 Å². The Morgan fingerprint density at radius 1 is 1.14 bits per heavy atom. The molecule has 0 heterocycles. The molecule has 0 rings (SSSR count). The Morgan fingerprint density at radius 3 is 1.79 bits per heavy atom. The SMILES string of the molecule is CC(C)(C)CC(O)(CCN)C(F)(F)F. The summed E-state index contributed by atoms with van der Waals surface area (Å²) in [6.07, 6.45) is -5.39. The second-order valence-electron chi connectivity index (χ2n) is 4.81. The number of alkyl halides is 3. The van der Waals surface area contributed by atoms with Gasteiger partial charge in [-0.05, 0) is 24.8 Å². The van der Waals surface area contributed by atoms with Crippen molar-refractivity contribution in [2.24, 2.45) is 11.1 Å². The van der Waals surface area contributed by atoms with E-state index < -0.39 is 23.6 Å². The molecule has 0 aromatic heterocycles. The lowest BCUT2D eigenvalue weighted by Gasteiger charge is -2.35. The maximum Gasteiger partial charge on any atom is 0.417 e. The van der Waals surface area contributed by atoms with Crippen molar-refractivity contribution in [3.05, 3.63) is 0 Å². The first-order valence-electron chi connectivity index (χ1n) is 4.51. The van der Waals surface area contributed by atoms with Crippen LogP contribution in [0.3, 0.4) is 0 Å². The summed E-state index contributed by atoms with van der Waals surface area (Å²) in [4.78, 5) is 0. The second-order valence-corrected chi connectivity index (χ2v) is 4.81. The van der Waals surface area contributed by atoms with Gasteiger partial charge in [0.05, 0.1) is 0 Å². The van der Waals surface area contributed by atoms with Gasteiger partial charge in [0.15, 0.2) is 5.60 Å². The van der Waals surface area contributed by atoms with Crippen LogP contribution in [0, 0.1) is 5.41 Å². The molecule has 0 saturated carbocycles. The Hall–Kier alpha value is -0.290. The summed E-state index contributed by atoms with van der Waals surface area (Å²) in [5.74, 6) is 0. The molecule has 0 saturated heterocycles. The highest BCUT2D eigenvalue weighted by atomic mass is 19.4. The van der Waals surface area contributed by atoms with E-state index in [-0.39, 0.29) is 13.0 Å². The van der Waals surface area contributed by atoms with Crippen molar-refractivity contribution in [3.8, 4) is 0 Å². The summed E-state index contributed by atoms with van der Waals surface area (Å²) < 4.78 is 37.5. The van der Waals surface area contributed by atoms with Gasteiger partial charge in [-0.3, -0.25) is 0 Å². The molecule has 1 unspecified atom stereocenters. The molecule has 86 valence electrons. The maximum atomic E-state index is 12.5. The standard InChI is InChI=1S/C9H18F3NO/c1-7(2,3)6-8(14,4-5-13)9(10,11)12/h14H,4-6,13H2,1-3H3. The van der Waals surface area contributed by atoms with E-state index in [1.165, 1.54) is 0 Å². The number of aliphatic hydroxyl groups is 1. The first-order valence-corrected chi connectivity index (χ1v) is 4.51. The summed E-state index contributed by atoms with van der Waals surface area (Å²) in [6.45, 7) is 4.78. The quantitative estimate of drug-likeness (QED) is 0.753. The zero-order valence-corrected chi connectivity index (χ0v) is 8.78. The van der Waals surface area contributed by atoms with Gasteiger partial charge in [0.1, 0.15) is 0 Å². The fraction of sp³-hybridized carbons (Fsp3) is 1.00. The molecule has 14 heavy (non-hydrogen) atoms. The second kappa shape index (κ2) is 4.06. The van der Waals surface area contributed by atoms with Gasteiger partial charge >= 0.3 is 6.18 Å². The first kappa shape index (κ1) is 13.7. The summed E-state index contributed by atoms with van der Waals surface area (Å²) in [5.41, 5.74) is 1.83. The zero-order chi connectivity index (χ0) is 11.6. The Balaban J connectivity index is 4.74. The number of nitrogens with two attached hydrogens (primary N) is 1. The van der Waals surface area contributed by atoms with E-state index in [0.29, 0.717) is 0 Å². The average molecular weight is 213 g/mol. The Kier molecular flexibility index (Phi) is 3.98. The average Bonchev–Trinajstić information content (AvgIpc) is 1.79. The van der Waals surface area contributed by atoms with E-state index in [4.69, 9.17) is 5.73 Å². The van der Waals surface area contributed by atoms with E-state index in [9.17, 15) is 18.3 Å². The smallest absolute Gasteiger partial charge is 0.380 e. The van der Waals surface area contributed by atoms with Crippen molar-refractivity contribution in [3.63, 3.8) is 0 Å². The first-order chi connectivity index (χ1) is 6.02. The molecule has 0 radical (unpaired) electrons. The number of rotatable bonds is 3. The van der Waals surface area contributed by atoms with Crippen LogP contribution in [0.25, 0.3) is 0 Å². The Morgan fingerprint density at radius 2 is 1.57 bits per heavy atom. The lowest BCUT2D eigenvalue weighted by Crippen LogP contribution is -2.49. The fourth-order valence-electron chi connectivity index (χ4n) is 1.45. The summed E-state index contributed by atoms with van der Waals surface area (Å²) in [7, 11) is 0. The third-order valence-corrected chi connectivity index (χ3v) is 1.91. The molecule has 3 N–H and O–H groups in total. The minimum absolute atomic E-state index is 0.175. The van der Waals surface area contributed by atoms with Crippen LogP contribution >= 0.6 is 0 Å². The van der Waals surface area contributed by atoms with Gasteiger partial charge in [-0.1, -0.05) is 20.8 Å². The predicted molar refractivity (Wildman–Crippen MR) is 48.7 cm³/mol. The van der Waals surface area contributed by atoms with Gasteiger partial charge in [-0.2, -0.15) is 13.2 Å². The highest BCUT2D eigenvalue weighted by Gasteiger charge is 2.54. The number of hydrogen-bond acceptors (Lipinski definition) is 2. The molecule has 0 aliphatic carbocycles. The highest BCUT2D eigenvalue weighted by molar-refractivity contribution is 4.90. The largest absolute Gasteiger partial charge is 0.417 e. The van der Waals surface area contributed by atoms with E-state index in [1.807, 2.05) is 0 Å². The van der Waals surface area contributed by atoms with Gasteiger partial charge in [0.2, 0.25) is 0 Å². The van der Waals surface area contributed by atoms with Crippen molar-refractivity contribution in [1.82, 2.24) is 0 Å². The Bertz CT molecular complexity index is 185. The minimum Gasteiger partial charge on any atom is -0.380 e. The van der Waals surface area contributed by atoms with E-state index in [2.05, 4.69) is 0 Å². The topological polar surface area (TPSA) is 46.2 Å². The van der Waals surface area contributed by atoms with Crippen LogP contribution in [0.15, 0.2) is 0 Å². The highest BCUT2D eigenvalue weighted by Crippen LogP contribution is 2.41. The molecule has 0 aromatic rings. The van der Waals surface area contributed by atoms with E-state index >= 15 is 0 Å². The van der Waals surface area contributed by atoms with Gasteiger partial charge < -0.3 is 10.8 Å². The van der Waals surface area contributed by atoms with Crippen LogP contribution in [0.4, 0.5) is 13.2 Å². The molecular weight excluding hydrogens is 195 g/mol. The molecule has 0 bridgehead atoms. The van der Waals surface area contributed by atoms with Crippen molar-refractivity contribution in [2.75, 3.05) is 6.54 Å². The van der Waals surface area contributed by atoms with E-state index in [0.717, 1.165) is 0 Å². The van der Waals surface area contributed by atoms with Crippen molar-refractivity contribution >= 4 is 0 Å². The molecule has 0 aliphatic heterocycles. The van der Waals surface area contributed by atoms with Crippen LogP contribution in [-0.2, 0) is 0 Å². The lowest BCUT2D eigenvalue weighted by atomic mass is 9.80. The molecule has 2 nitrogen and oxygen atoms in total. The molecular formula is C9H18F3NO. The van der Waals surface area contributed by atoms with Crippen LogP contribution in [-0.4, -0.2) is 23.4 Å². The molecule has 0 amide bonds. The van der Waals surface area contributed by atoms with Crippen LogP contribution in [0.2, 0.25) is 0 Å². The molecule has 0 aromatic carbocycles. The van der Waals surface area contributed by atoms with Gasteiger partial charge in [-0.15, -0.1) is 0 Å². The minimum atomic E-state index is -4.61. The molecule has 0 aliphatic rings. The van der Waals surface area contributed by atoms with Crippen LogP contribution in [0.5, 0.6) is 0 Å². The zero-order valence-electron chi connectivity index (χ0n) is 8.78. The fourth-order valence-corrected chi connectivity index (χ4v) is 1.45. The molecule has 0 spiro atoms. The van der Waals surface area contributed by atoms with Gasteiger partial charge in [-0.25, -0.2) is 0 Å². The predicted octanol–water partition coefficient (Wildman–Crippen LogP) is 2.06. The number of halogens is 3. The van der Waals surface area contributed by atoms with Crippen molar-refractivity contribution in [2.45, 2.75) is 45.4 Å². The third kappa shape index (κ3) is 3.84. The third-order valence-electron chi connectivity index (χ3n) is 1.91. The van der Waals surface area contributed by atoms with Crippen molar-refractivity contribution < 1.29 is 18.3 Å². The monoisotopic (exact) mass is 213 g/mol. The van der Waals surface area contributed by atoms with Crippen molar-refractivity contribution in [1.29, 1.82) is 0 Å². The summed E-state index contributed by atoms with van der Waals surface area (Å²) in [5, 5.41) is 9.48. The Labute approximate surface area is 82.3 Å². The summed E-state index contributed by atoms with van der Waals surface area (Å²) in [6, 6.07) is 0. The van der Waals surface area contributed by atoms with E-state index in [1.54, 1.807) is 20.8 Å². The molecule has 1 atom stereocenters. The summed E-state index contributed by atoms with van der Waals surface area (Å²) >= 11 is 0. The number of hydrogen-bond donors (Lipinski definition) is 2. The molecule has 0 fully saturated rings. The van der Waals surface area contributed by atoms with Crippen LogP contribution < -0.4 is 5.73 Å². The maximum absolute atomic E-state index is 12.5. The van der Waals surface area contributed by atoms with Crippen LogP contribution in [0.1, 0.15) is 33.6 Å².